The number of hydrogen-bond acceptors (Lipinski definition) is 3. The molecule has 1 unspecified atom stereocenters. The SMILES string of the molecule is O=C(Nc1ccccn1)N1CCCC1CO. The maximum atomic E-state index is 11.8. The van der Waals surface area contributed by atoms with Gasteiger partial charge in [0.1, 0.15) is 5.82 Å². The van der Waals surface area contributed by atoms with Crippen molar-refractivity contribution >= 4 is 11.8 Å². The van der Waals surface area contributed by atoms with Crippen molar-refractivity contribution in [2.45, 2.75) is 18.9 Å². The molecule has 1 saturated heterocycles. The molecule has 5 nitrogen and oxygen atoms in total. The normalized spacial score (nSPS) is 19.8. The molecule has 1 aromatic rings. The first-order valence-electron chi connectivity index (χ1n) is 5.41. The molecule has 86 valence electrons. The number of amides is 2. The lowest BCUT2D eigenvalue weighted by molar-refractivity contribution is 0.166. The lowest BCUT2D eigenvalue weighted by Crippen LogP contribution is -2.40. The Kier molecular flexibility index (Phi) is 3.36. The highest BCUT2D eigenvalue weighted by Crippen LogP contribution is 2.17. The third-order valence-electron chi connectivity index (χ3n) is 2.75. The van der Waals surface area contributed by atoms with Crippen LogP contribution in [-0.4, -0.2) is 40.2 Å². The highest BCUT2D eigenvalue weighted by molar-refractivity contribution is 5.88. The zero-order chi connectivity index (χ0) is 11.4. The van der Waals surface area contributed by atoms with Crippen LogP contribution in [0.5, 0.6) is 0 Å². The quantitative estimate of drug-likeness (QED) is 0.785. The molecule has 0 saturated carbocycles. The van der Waals surface area contributed by atoms with Gasteiger partial charge >= 0.3 is 6.03 Å². The van der Waals surface area contributed by atoms with E-state index in [1.807, 2.05) is 6.07 Å². The molecule has 0 bridgehead atoms. The second kappa shape index (κ2) is 4.94. The van der Waals surface area contributed by atoms with Crippen LogP contribution in [0.4, 0.5) is 10.6 Å². The van der Waals surface area contributed by atoms with Crippen LogP contribution < -0.4 is 5.32 Å². The van der Waals surface area contributed by atoms with E-state index in [9.17, 15) is 4.79 Å². The monoisotopic (exact) mass is 221 g/mol. The van der Waals surface area contributed by atoms with Gasteiger partial charge in [0.05, 0.1) is 12.6 Å². The van der Waals surface area contributed by atoms with Gasteiger partial charge in [-0.2, -0.15) is 0 Å². The molecular formula is C11H15N3O2. The fraction of sp³-hybridized carbons (Fsp3) is 0.455. The Bertz CT molecular complexity index is 356. The van der Waals surface area contributed by atoms with E-state index in [0.29, 0.717) is 12.4 Å². The fourth-order valence-corrected chi connectivity index (χ4v) is 1.91. The van der Waals surface area contributed by atoms with Gasteiger partial charge in [0, 0.05) is 12.7 Å². The first-order valence-corrected chi connectivity index (χ1v) is 5.41. The maximum Gasteiger partial charge on any atom is 0.323 e. The summed E-state index contributed by atoms with van der Waals surface area (Å²) in [6.45, 7) is 0.722. The predicted molar refractivity (Wildman–Crippen MR) is 60.1 cm³/mol. The molecule has 1 fully saturated rings. The Morgan fingerprint density at radius 3 is 3.19 bits per heavy atom. The fourth-order valence-electron chi connectivity index (χ4n) is 1.91. The number of likely N-dealkylation sites (tertiary alicyclic amines) is 1. The standard InChI is InChI=1S/C11H15N3O2/c15-8-9-4-3-7-14(9)11(16)13-10-5-1-2-6-12-10/h1-2,5-6,9,15H,3-4,7-8H2,(H,12,13,16). The highest BCUT2D eigenvalue weighted by atomic mass is 16.3. The lowest BCUT2D eigenvalue weighted by Gasteiger charge is -2.22. The molecule has 1 atom stereocenters. The molecule has 16 heavy (non-hydrogen) atoms. The van der Waals surface area contributed by atoms with E-state index < -0.39 is 0 Å². The van der Waals surface area contributed by atoms with Crippen molar-refractivity contribution in [1.29, 1.82) is 0 Å². The van der Waals surface area contributed by atoms with Crippen molar-refractivity contribution < 1.29 is 9.90 Å². The van der Waals surface area contributed by atoms with Crippen molar-refractivity contribution in [3.63, 3.8) is 0 Å². The molecular weight excluding hydrogens is 206 g/mol. The van der Waals surface area contributed by atoms with Crippen molar-refractivity contribution in [3.05, 3.63) is 24.4 Å². The number of carbonyl (C=O) groups excluding carboxylic acids is 1. The molecule has 2 N–H and O–H groups in total. The largest absolute Gasteiger partial charge is 0.394 e. The first-order chi connectivity index (χ1) is 7.81. The number of nitrogens with one attached hydrogen (secondary N) is 1. The van der Waals surface area contributed by atoms with Gasteiger partial charge in [0.2, 0.25) is 0 Å². The molecule has 2 heterocycles. The lowest BCUT2D eigenvalue weighted by atomic mass is 10.2. The Morgan fingerprint density at radius 1 is 1.62 bits per heavy atom. The number of pyridine rings is 1. The number of anilines is 1. The van der Waals surface area contributed by atoms with Crippen LogP contribution in [0.1, 0.15) is 12.8 Å². The molecule has 1 aliphatic rings. The second-order valence-electron chi connectivity index (χ2n) is 3.82. The summed E-state index contributed by atoms with van der Waals surface area (Å²) in [6.07, 6.45) is 3.44. The summed E-state index contributed by atoms with van der Waals surface area (Å²) < 4.78 is 0. The predicted octanol–water partition coefficient (Wildman–Crippen LogP) is 1.07. The van der Waals surface area contributed by atoms with Crippen LogP contribution in [-0.2, 0) is 0 Å². The average molecular weight is 221 g/mol. The van der Waals surface area contributed by atoms with Gasteiger partial charge in [-0.1, -0.05) is 6.07 Å². The maximum absolute atomic E-state index is 11.8. The Labute approximate surface area is 94.1 Å². The molecule has 0 radical (unpaired) electrons. The zero-order valence-corrected chi connectivity index (χ0v) is 8.97. The number of rotatable bonds is 2. The van der Waals surface area contributed by atoms with Crippen LogP contribution in [0.2, 0.25) is 0 Å². The topological polar surface area (TPSA) is 65.5 Å². The Hall–Kier alpha value is -1.62. The molecule has 5 heteroatoms. The summed E-state index contributed by atoms with van der Waals surface area (Å²) in [4.78, 5) is 17.5. The van der Waals surface area contributed by atoms with Crippen LogP contribution >= 0.6 is 0 Å². The molecule has 1 aromatic heterocycles. The third-order valence-corrected chi connectivity index (χ3v) is 2.75. The van der Waals surface area contributed by atoms with Crippen LogP contribution in [0.3, 0.4) is 0 Å². The number of aliphatic hydroxyl groups is 1. The minimum atomic E-state index is -0.185. The van der Waals surface area contributed by atoms with E-state index in [1.54, 1.807) is 23.2 Å². The highest BCUT2D eigenvalue weighted by Gasteiger charge is 2.27. The average Bonchev–Trinajstić information content (AvgIpc) is 2.78. The van der Waals surface area contributed by atoms with E-state index in [4.69, 9.17) is 5.11 Å². The van der Waals surface area contributed by atoms with Gasteiger partial charge in [0.25, 0.3) is 0 Å². The summed E-state index contributed by atoms with van der Waals surface area (Å²) in [5.41, 5.74) is 0. The van der Waals surface area contributed by atoms with Crippen molar-refractivity contribution in [3.8, 4) is 0 Å². The number of hydrogen-bond donors (Lipinski definition) is 2. The number of aromatic nitrogens is 1. The number of nitrogens with zero attached hydrogens (tertiary/aromatic N) is 2. The minimum Gasteiger partial charge on any atom is -0.394 e. The summed E-state index contributed by atoms with van der Waals surface area (Å²) >= 11 is 0. The number of carbonyl (C=O) groups is 1. The summed E-state index contributed by atoms with van der Waals surface area (Å²) in [6, 6.07) is 5.11. The van der Waals surface area contributed by atoms with Gasteiger partial charge in [-0.05, 0) is 25.0 Å². The Balaban J connectivity index is 1.98. The van der Waals surface area contributed by atoms with Gasteiger partial charge in [-0.25, -0.2) is 9.78 Å². The molecule has 0 aliphatic carbocycles. The van der Waals surface area contributed by atoms with Gasteiger partial charge in [-0.15, -0.1) is 0 Å². The summed E-state index contributed by atoms with van der Waals surface area (Å²) in [5, 5.41) is 11.8. The first kappa shape index (κ1) is 10.9. The number of urea groups is 1. The molecule has 2 amide bonds. The smallest absolute Gasteiger partial charge is 0.323 e. The van der Waals surface area contributed by atoms with E-state index in [-0.39, 0.29) is 18.7 Å². The summed E-state index contributed by atoms with van der Waals surface area (Å²) in [5.74, 6) is 0.538. The zero-order valence-electron chi connectivity index (χ0n) is 8.97. The molecule has 0 aromatic carbocycles. The van der Waals surface area contributed by atoms with Crippen molar-refractivity contribution in [2.24, 2.45) is 0 Å². The van der Waals surface area contributed by atoms with Gasteiger partial charge < -0.3 is 10.0 Å². The van der Waals surface area contributed by atoms with Gasteiger partial charge in [-0.3, -0.25) is 5.32 Å². The Morgan fingerprint density at radius 2 is 2.50 bits per heavy atom. The van der Waals surface area contributed by atoms with E-state index in [0.717, 1.165) is 12.8 Å². The second-order valence-corrected chi connectivity index (χ2v) is 3.82. The van der Waals surface area contributed by atoms with Crippen molar-refractivity contribution in [1.82, 2.24) is 9.88 Å². The van der Waals surface area contributed by atoms with E-state index in [1.165, 1.54) is 0 Å². The van der Waals surface area contributed by atoms with Crippen molar-refractivity contribution in [2.75, 3.05) is 18.5 Å². The minimum absolute atomic E-state index is 0.0235. The molecule has 0 spiro atoms. The van der Waals surface area contributed by atoms with Crippen LogP contribution in [0, 0.1) is 0 Å². The summed E-state index contributed by atoms with van der Waals surface area (Å²) in [7, 11) is 0. The van der Waals surface area contributed by atoms with E-state index in [2.05, 4.69) is 10.3 Å². The van der Waals surface area contributed by atoms with Gasteiger partial charge in [0.15, 0.2) is 0 Å². The van der Waals surface area contributed by atoms with Crippen LogP contribution in [0.25, 0.3) is 0 Å². The van der Waals surface area contributed by atoms with E-state index >= 15 is 0 Å². The molecule has 1 aliphatic heterocycles. The van der Waals surface area contributed by atoms with Crippen LogP contribution in [0.15, 0.2) is 24.4 Å². The third kappa shape index (κ3) is 2.30. The molecule has 2 rings (SSSR count). The number of aliphatic hydroxyl groups excluding tert-OH is 1.